The molecule has 1 heterocycles. The second-order valence-electron chi connectivity index (χ2n) is 4.74. The molecule has 1 aliphatic rings. The van der Waals surface area contributed by atoms with E-state index in [2.05, 4.69) is 36.5 Å². The molecule has 0 bridgehead atoms. The van der Waals surface area contributed by atoms with Crippen molar-refractivity contribution in [2.45, 2.75) is 39.0 Å². The van der Waals surface area contributed by atoms with Gasteiger partial charge in [0, 0.05) is 13.2 Å². The van der Waals surface area contributed by atoms with E-state index in [9.17, 15) is 0 Å². The Morgan fingerprint density at radius 2 is 2.17 bits per heavy atom. The Hall–Kier alpha value is -0.900. The summed E-state index contributed by atoms with van der Waals surface area (Å²) in [7, 11) is 0. The van der Waals surface area contributed by atoms with E-state index >= 15 is 0 Å². The maximum absolute atomic E-state index is 5.88. The fourth-order valence-corrected chi connectivity index (χ4v) is 2.12. The smallest absolute Gasteiger partial charge is 0.0834 e. The maximum atomic E-state index is 5.88. The molecular formula is C15H23NO2. The van der Waals surface area contributed by atoms with Gasteiger partial charge in [0.1, 0.15) is 0 Å². The van der Waals surface area contributed by atoms with Crippen molar-refractivity contribution in [1.82, 2.24) is 5.32 Å². The SMILES string of the molecule is CCCNCc1ccccc1COC1CCOC1. The lowest BCUT2D eigenvalue weighted by molar-refractivity contribution is 0.0314. The summed E-state index contributed by atoms with van der Waals surface area (Å²) in [6, 6.07) is 8.49. The van der Waals surface area contributed by atoms with Crippen molar-refractivity contribution in [1.29, 1.82) is 0 Å². The molecule has 3 nitrogen and oxygen atoms in total. The van der Waals surface area contributed by atoms with Gasteiger partial charge in [0.2, 0.25) is 0 Å². The molecule has 100 valence electrons. The van der Waals surface area contributed by atoms with Crippen LogP contribution in [-0.4, -0.2) is 25.9 Å². The van der Waals surface area contributed by atoms with Gasteiger partial charge in [-0.2, -0.15) is 0 Å². The first-order valence-electron chi connectivity index (χ1n) is 6.87. The minimum Gasteiger partial charge on any atom is -0.379 e. The minimum atomic E-state index is 0.279. The van der Waals surface area contributed by atoms with Crippen LogP contribution in [0, 0.1) is 0 Å². The van der Waals surface area contributed by atoms with E-state index in [0.29, 0.717) is 6.61 Å². The summed E-state index contributed by atoms with van der Waals surface area (Å²) < 4.78 is 11.2. The number of hydrogen-bond donors (Lipinski definition) is 1. The highest BCUT2D eigenvalue weighted by Crippen LogP contribution is 2.14. The summed E-state index contributed by atoms with van der Waals surface area (Å²) in [6.45, 7) is 6.45. The van der Waals surface area contributed by atoms with Crippen LogP contribution in [0.25, 0.3) is 0 Å². The zero-order valence-corrected chi connectivity index (χ0v) is 11.2. The average Bonchev–Trinajstić information content (AvgIpc) is 2.91. The van der Waals surface area contributed by atoms with Gasteiger partial charge < -0.3 is 14.8 Å². The lowest BCUT2D eigenvalue weighted by atomic mass is 10.1. The van der Waals surface area contributed by atoms with Gasteiger partial charge in [0.05, 0.1) is 19.3 Å². The lowest BCUT2D eigenvalue weighted by Gasteiger charge is -2.13. The van der Waals surface area contributed by atoms with Crippen LogP contribution < -0.4 is 5.32 Å². The van der Waals surface area contributed by atoms with Gasteiger partial charge in [-0.25, -0.2) is 0 Å². The van der Waals surface area contributed by atoms with Gasteiger partial charge in [-0.1, -0.05) is 31.2 Å². The van der Waals surface area contributed by atoms with Crippen molar-refractivity contribution >= 4 is 0 Å². The number of hydrogen-bond acceptors (Lipinski definition) is 3. The summed E-state index contributed by atoms with van der Waals surface area (Å²) in [4.78, 5) is 0. The molecule has 1 unspecified atom stereocenters. The molecule has 0 aliphatic carbocycles. The standard InChI is InChI=1S/C15H23NO2/c1-2-8-16-10-13-5-3-4-6-14(13)11-18-15-7-9-17-12-15/h3-6,15-16H,2,7-12H2,1H3. The Morgan fingerprint density at radius 1 is 1.33 bits per heavy atom. The number of benzene rings is 1. The van der Waals surface area contributed by atoms with Gasteiger partial charge in [-0.05, 0) is 30.5 Å². The summed E-state index contributed by atoms with van der Waals surface area (Å²) >= 11 is 0. The van der Waals surface area contributed by atoms with E-state index in [1.54, 1.807) is 0 Å². The number of nitrogens with one attached hydrogen (secondary N) is 1. The highest BCUT2D eigenvalue weighted by molar-refractivity contribution is 5.26. The summed E-state index contributed by atoms with van der Waals surface area (Å²) in [5, 5.41) is 3.44. The predicted octanol–water partition coefficient (Wildman–Crippen LogP) is 2.49. The van der Waals surface area contributed by atoms with E-state index < -0.39 is 0 Å². The predicted molar refractivity (Wildman–Crippen MR) is 72.5 cm³/mol. The maximum Gasteiger partial charge on any atom is 0.0834 e. The molecule has 1 atom stereocenters. The number of rotatable bonds is 7. The van der Waals surface area contributed by atoms with Crippen molar-refractivity contribution in [3.05, 3.63) is 35.4 Å². The third-order valence-electron chi connectivity index (χ3n) is 3.22. The van der Waals surface area contributed by atoms with Crippen LogP contribution >= 0.6 is 0 Å². The van der Waals surface area contributed by atoms with Crippen LogP contribution in [0.2, 0.25) is 0 Å². The normalized spacial score (nSPS) is 19.3. The van der Waals surface area contributed by atoms with Crippen LogP contribution in [0.15, 0.2) is 24.3 Å². The van der Waals surface area contributed by atoms with Crippen LogP contribution in [0.3, 0.4) is 0 Å². The molecule has 0 aromatic heterocycles. The summed E-state index contributed by atoms with van der Waals surface area (Å²) in [5.41, 5.74) is 2.62. The summed E-state index contributed by atoms with van der Waals surface area (Å²) in [5.74, 6) is 0. The van der Waals surface area contributed by atoms with Gasteiger partial charge in [-0.3, -0.25) is 0 Å². The Kier molecular flexibility index (Phi) is 5.65. The molecule has 1 N–H and O–H groups in total. The van der Waals surface area contributed by atoms with Crippen LogP contribution in [-0.2, 0) is 22.6 Å². The van der Waals surface area contributed by atoms with E-state index in [1.165, 1.54) is 11.1 Å². The van der Waals surface area contributed by atoms with Crippen molar-refractivity contribution in [3.63, 3.8) is 0 Å². The molecule has 1 aromatic rings. The molecule has 1 fully saturated rings. The molecule has 2 rings (SSSR count). The highest BCUT2D eigenvalue weighted by atomic mass is 16.5. The Labute approximate surface area is 109 Å². The van der Waals surface area contributed by atoms with Crippen molar-refractivity contribution < 1.29 is 9.47 Å². The van der Waals surface area contributed by atoms with Gasteiger partial charge in [0.25, 0.3) is 0 Å². The molecule has 18 heavy (non-hydrogen) atoms. The van der Waals surface area contributed by atoms with Gasteiger partial charge in [0.15, 0.2) is 0 Å². The van der Waals surface area contributed by atoms with E-state index in [1.807, 2.05) is 0 Å². The monoisotopic (exact) mass is 249 g/mol. The first-order chi connectivity index (χ1) is 8.90. The highest BCUT2D eigenvalue weighted by Gasteiger charge is 2.16. The summed E-state index contributed by atoms with van der Waals surface area (Å²) in [6.07, 6.45) is 2.47. The molecule has 0 amide bonds. The molecule has 1 aromatic carbocycles. The zero-order chi connectivity index (χ0) is 12.6. The third kappa shape index (κ3) is 4.09. The van der Waals surface area contributed by atoms with Gasteiger partial charge >= 0.3 is 0 Å². The first kappa shape index (κ1) is 13.5. The minimum absolute atomic E-state index is 0.279. The topological polar surface area (TPSA) is 30.5 Å². The second-order valence-corrected chi connectivity index (χ2v) is 4.74. The quantitative estimate of drug-likeness (QED) is 0.753. The van der Waals surface area contributed by atoms with Crippen LogP contribution in [0.5, 0.6) is 0 Å². The zero-order valence-electron chi connectivity index (χ0n) is 11.2. The lowest BCUT2D eigenvalue weighted by Crippen LogP contribution is -2.17. The largest absolute Gasteiger partial charge is 0.379 e. The third-order valence-corrected chi connectivity index (χ3v) is 3.22. The fraction of sp³-hybridized carbons (Fsp3) is 0.600. The molecule has 3 heteroatoms. The van der Waals surface area contributed by atoms with Crippen LogP contribution in [0.1, 0.15) is 30.9 Å². The van der Waals surface area contributed by atoms with Crippen molar-refractivity contribution in [3.8, 4) is 0 Å². The Morgan fingerprint density at radius 3 is 2.89 bits per heavy atom. The number of ether oxygens (including phenoxy) is 2. The molecule has 0 saturated carbocycles. The molecule has 0 radical (unpaired) electrons. The molecule has 1 saturated heterocycles. The van der Waals surface area contributed by atoms with Gasteiger partial charge in [-0.15, -0.1) is 0 Å². The van der Waals surface area contributed by atoms with E-state index in [-0.39, 0.29) is 6.10 Å². The average molecular weight is 249 g/mol. The molecule has 0 spiro atoms. The Balaban J connectivity index is 1.85. The van der Waals surface area contributed by atoms with Crippen molar-refractivity contribution in [2.75, 3.05) is 19.8 Å². The van der Waals surface area contributed by atoms with Crippen LogP contribution in [0.4, 0.5) is 0 Å². The molecule has 1 aliphatic heterocycles. The van der Waals surface area contributed by atoms with E-state index in [0.717, 1.165) is 39.1 Å². The first-order valence-corrected chi connectivity index (χ1v) is 6.87. The second kappa shape index (κ2) is 7.52. The molecular weight excluding hydrogens is 226 g/mol. The fourth-order valence-electron chi connectivity index (χ4n) is 2.12. The van der Waals surface area contributed by atoms with E-state index in [4.69, 9.17) is 9.47 Å². The Bertz CT molecular complexity index is 348. The van der Waals surface area contributed by atoms with Crippen molar-refractivity contribution in [2.24, 2.45) is 0 Å².